The molecule has 0 amide bonds. The minimum atomic E-state index is -0.743. The first-order valence-electron chi connectivity index (χ1n) is 6.14. The average Bonchev–Trinajstić information content (AvgIpc) is 2.64. The number of nitrogens with one attached hydrogen (secondary N) is 1. The molecule has 2 rings (SSSR count). The van der Waals surface area contributed by atoms with Gasteiger partial charge in [0.25, 0.3) is 0 Å². The first-order chi connectivity index (χ1) is 8.58. The largest absolute Gasteiger partial charge is 0.350 e. The van der Waals surface area contributed by atoms with Crippen LogP contribution in [0, 0.1) is 0 Å². The van der Waals surface area contributed by atoms with Crippen LogP contribution in [-0.2, 0) is 24.4 Å². The Balaban J connectivity index is 2.10. The smallest absolute Gasteiger partial charge is 0.0481 e. The van der Waals surface area contributed by atoms with E-state index in [1.807, 2.05) is 0 Å². The van der Waals surface area contributed by atoms with Crippen LogP contribution in [0.15, 0.2) is 30.5 Å². The predicted octanol–water partition coefficient (Wildman–Crippen LogP) is 2.03. The number of hydrogen-bond donors (Lipinski definition) is 1. The molecule has 0 radical (unpaired) electrons. The zero-order valence-electron chi connectivity index (χ0n) is 11.1. The zero-order valence-corrected chi connectivity index (χ0v) is 12.0. The predicted molar refractivity (Wildman–Crippen MR) is 78.2 cm³/mol. The van der Waals surface area contributed by atoms with Gasteiger partial charge in [0.1, 0.15) is 0 Å². The molecule has 1 N–H and O–H groups in total. The Kier molecular flexibility index (Phi) is 4.19. The van der Waals surface area contributed by atoms with Gasteiger partial charge in [-0.1, -0.05) is 18.2 Å². The van der Waals surface area contributed by atoms with Crippen LogP contribution < -0.4 is 5.32 Å². The Morgan fingerprint density at radius 1 is 1.39 bits per heavy atom. The van der Waals surface area contributed by atoms with E-state index in [1.165, 1.54) is 16.5 Å². The first-order valence-corrected chi connectivity index (χ1v) is 7.87. The Morgan fingerprint density at radius 3 is 2.83 bits per heavy atom. The molecule has 0 fully saturated rings. The summed E-state index contributed by atoms with van der Waals surface area (Å²) in [5.74, 6) is 0.699. The zero-order chi connectivity index (χ0) is 13.1. The Bertz CT molecular complexity index is 562. The molecule has 1 heterocycles. The third-order valence-corrected chi connectivity index (χ3v) is 4.07. The van der Waals surface area contributed by atoms with Gasteiger partial charge >= 0.3 is 0 Å². The molecule has 0 spiro atoms. The number of rotatable bonds is 5. The van der Waals surface area contributed by atoms with Crippen molar-refractivity contribution < 1.29 is 4.21 Å². The fourth-order valence-electron chi connectivity index (χ4n) is 2.26. The number of nitrogens with zero attached hydrogens (tertiary/aromatic N) is 1. The van der Waals surface area contributed by atoms with Crippen molar-refractivity contribution in [1.82, 2.24) is 9.88 Å². The number of benzene rings is 1. The molecule has 0 bridgehead atoms. The van der Waals surface area contributed by atoms with E-state index in [4.69, 9.17) is 0 Å². The Hall–Kier alpha value is -1.13. The summed E-state index contributed by atoms with van der Waals surface area (Å²) in [4.78, 5) is 0. The van der Waals surface area contributed by atoms with Crippen molar-refractivity contribution in [1.29, 1.82) is 0 Å². The quantitative estimate of drug-likeness (QED) is 0.896. The molecule has 2 atom stereocenters. The highest BCUT2D eigenvalue weighted by Crippen LogP contribution is 2.20. The molecule has 1 aromatic heterocycles. The van der Waals surface area contributed by atoms with Crippen molar-refractivity contribution in [2.75, 3.05) is 12.0 Å². The highest BCUT2D eigenvalue weighted by atomic mass is 32.2. The van der Waals surface area contributed by atoms with E-state index in [2.05, 4.69) is 54.3 Å². The number of aryl methyl sites for hydroxylation is 1. The molecule has 0 saturated carbocycles. The van der Waals surface area contributed by atoms with Crippen molar-refractivity contribution in [2.45, 2.75) is 19.5 Å². The molecule has 2 aromatic rings. The lowest BCUT2D eigenvalue weighted by molar-refractivity contribution is 0.588. The molecule has 0 aliphatic rings. The lowest BCUT2D eigenvalue weighted by Crippen LogP contribution is -2.30. The summed E-state index contributed by atoms with van der Waals surface area (Å²) in [5.41, 5.74) is 2.54. The lowest BCUT2D eigenvalue weighted by atomic mass is 10.2. The van der Waals surface area contributed by atoms with Gasteiger partial charge in [-0.15, -0.1) is 0 Å². The van der Waals surface area contributed by atoms with Crippen LogP contribution in [0.4, 0.5) is 0 Å². The Labute approximate surface area is 111 Å². The van der Waals surface area contributed by atoms with E-state index < -0.39 is 10.8 Å². The third kappa shape index (κ3) is 3.00. The van der Waals surface area contributed by atoms with Crippen molar-refractivity contribution in [2.24, 2.45) is 7.05 Å². The maximum atomic E-state index is 11.1. The van der Waals surface area contributed by atoms with Gasteiger partial charge in [0.05, 0.1) is 0 Å². The van der Waals surface area contributed by atoms with Gasteiger partial charge < -0.3 is 9.88 Å². The summed E-state index contributed by atoms with van der Waals surface area (Å²) in [6.07, 6.45) is 3.91. The van der Waals surface area contributed by atoms with E-state index in [0.717, 1.165) is 6.54 Å². The molecule has 98 valence electrons. The fraction of sp³-hybridized carbons (Fsp3) is 0.429. The molecular weight excluding hydrogens is 244 g/mol. The van der Waals surface area contributed by atoms with Crippen molar-refractivity contribution in [3.8, 4) is 0 Å². The maximum absolute atomic E-state index is 11.1. The van der Waals surface area contributed by atoms with Crippen LogP contribution in [0.5, 0.6) is 0 Å². The highest BCUT2D eigenvalue weighted by molar-refractivity contribution is 7.84. The van der Waals surface area contributed by atoms with E-state index in [0.29, 0.717) is 5.75 Å². The SMILES string of the molecule is CC(CS(C)=O)NCc1cn(C)c2ccccc12. The molecule has 1 aromatic carbocycles. The monoisotopic (exact) mass is 264 g/mol. The average molecular weight is 264 g/mol. The van der Waals surface area contributed by atoms with Crippen molar-refractivity contribution in [3.05, 3.63) is 36.0 Å². The summed E-state index contributed by atoms with van der Waals surface area (Å²) in [5, 5.41) is 4.72. The topological polar surface area (TPSA) is 34.0 Å². The highest BCUT2D eigenvalue weighted by Gasteiger charge is 2.08. The van der Waals surface area contributed by atoms with Gasteiger partial charge in [-0.05, 0) is 18.6 Å². The number of aromatic nitrogens is 1. The van der Waals surface area contributed by atoms with Crippen LogP contribution >= 0.6 is 0 Å². The van der Waals surface area contributed by atoms with Crippen LogP contribution in [0.2, 0.25) is 0 Å². The molecule has 0 saturated heterocycles. The van der Waals surface area contributed by atoms with Crippen molar-refractivity contribution >= 4 is 21.7 Å². The molecule has 18 heavy (non-hydrogen) atoms. The number of hydrogen-bond acceptors (Lipinski definition) is 2. The molecule has 2 unspecified atom stereocenters. The van der Waals surface area contributed by atoms with Gasteiger partial charge in [-0.3, -0.25) is 4.21 Å². The maximum Gasteiger partial charge on any atom is 0.0481 e. The molecule has 0 aliphatic carbocycles. The van der Waals surface area contributed by atoms with E-state index in [9.17, 15) is 4.21 Å². The van der Waals surface area contributed by atoms with E-state index >= 15 is 0 Å². The summed E-state index contributed by atoms with van der Waals surface area (Å²) < 4.78 is 13.3. The number of para-hydroxylation sites is 1. The van der Waals surface area contributed by atoms with Crippen LogP contribution in [0.25, 0.3) is 10.9 Å². The van der Waals surface area contributed by atoms with Gasteiger partial charge in [0.2, 0.25) is 0 Å². The minimum absolute atomic E-state index is 0.273. The summed E-state index contributed by atoms with van der Waals surface area (Å²) >= 11 is 0. The summed E-state index contributed by atoms with van der Waals surface area (Å²) in [7, 11) is 1.32. The number of fused-ring (bicyclic) bond motifs is 1. The molecule has 3 nitrogen and oxygen atoms in total. The standard InChI is InChI=1S/C14H20N2OS/c1-11(10-18(3)17)15-8-12-9-16(2)14-7-5-4-6-13(12)14/h4-7,9,11,15H,8,10H2,1-3H3. The normalized spacial score (nSPS) is 14.8. The molecule has 0 aliphatic heterocycles. The molecular formula is C14H20N2OS. The Morgan fingerprint density at radius 2 is 2.11 bits per heavy atom. The molecule has 4 heteroatoms. The first kappa shape index (κ1) is 13.3. The summed E-state index contributed by atoms with van der Waals surface area (Å²) in [6, 6.07) is 8.67. The van der Waals surface area contributed by atoms with Gasteiger partial charge in [-0.25, -0.2) is 0 Å². The van der Waals surface area contributed by atoms with Crippen LogP contribution in [0.1, 0.15) is 12.5 Å². The lowest BCUT2D eigenvalue weighted by Gasteiger charge is -2.11. The van der Waals surface area contributed by atoms with E-state index in [-0.39, 0.29) is 6.04 Å². The van der Waals surface area contributed by atoms with Crippen LogP contribution in [0.3, 0.4) is 0 Å². The fourth-order valence-corrected chi connectivity index (χ4v) is 3.08. The second-order valence-electron chi connectivity index (χ2n) is 4.80. The van der Waals surface area contributed by atoms with Gasteiger partial charge in [-0.2, -0.15) is 0 Å². The summed E-state index contributed by atoms with van der Waals surface area (Å²) in [6.45, 7) is 2.90. The second kappa shape index (κ2) is 5.67. The minimum Gasteiger partial charge on any atom is -0.350 e. The van der Waals surface area contributed by atoms with Crippen LogP contribution in [-0.4, -0.2) is 26.8 Å². The van der Waals surface area contributed by atoms with Crippen molar-refractivity contribution in [3.63, 3.8) is 0 Å². The second-order valence-corrected chi connectivity index (χ2v) is 6.28. The van der Waals surface area contributed by atoms with Gasteiger partial charge in [0, 0.05) is 59.5 Å². The van der Waals surface area contributed by atoms with Gasteiger partial charge in [0.15, 0.2) is 0 Å². The third-order valence-electron chi connectivity index (χ3n) is 3.11. The van der Waals surface area contributed by atoms with E-state index in [1.54, 1.807) is 6.26 Å².